The van der Waals surface area contributed by atoms with E-state index in [0.717, 1.165) is 16.8 Å². The third kappa shape index (κ3) is 3.35. The van der Waals surface area contributed by atoms with Crippen LogP contribution < -0.4 is 16.4 Å². The standard InChI is InChI=1S/C9H13N3O4/c1-6(5-13)10-8(15)4-12-9(16)3-2-7(14)11-12/h2-3,6,13H,4-5H2,1H3,(H,10,15)(H,11,14)/t6-/m1/s1. The average molecular weight is 227 g/mol. The van der Waals surface area contributed by atoms with Gasteiger partial charge in [0.2, 0.25) is 5.91 Å². The van der Waals surface area contributed by atoms with Crippen molar-refractivity contribution in [2.24, 2.45) is 0 Å². The molecule has 0 saturated carbocycles. The molecule has 0 unspecified atom stereocenters. The lowest BCUT2D eigenvalue weighted by atomic mass is 10.3. The Hall–Kier alpha value is -1.89. The maximum atomic E-state index is 11.3. The Bertz CT molecular complexity index is 476. The normalized spacial score (nSPS) is 12.1. The number of nitrogens with zero attached hydrogens (tertiary/aromatic N) is 1. The number of amides is 1. The highest BCUT2D eigenvalue weighted by Gasteiger charge is 2.07. The van der Waals surface area contributed by atoms with Crippen LogP contribution in [-0.2, 0) is 11.3 Å². The molecular formula is C9H13N3O4. The Morgan fingerprint density at radius 2 is 2.25 bits per heavy atom. The van der Waals surface area contributed by atoms with Crippen molar-refractivity contribution in [2.75, 3.05) is 6.61 Å². The Morgan fingerprint density at radius 3 is 2.88 bits per heavy atom. The van der Waals surface area contributed by atoms with Crippen LogP contribution in [0.4, 0.5) is 0 Å². The van der Waals surface area contributed by atoms with E-state index in [9.17, 15) is 14.4 Å². The van der Waals surface area contributed by atoms with E-state index < -0.39 is 23.1 Å². The molecule has 88 valence electrons. The molecular weight excluding hydrogens is 214 g/mol. The molecule has 1 atom stereocenters. The minimum absolute atomic E-state index is 0.189. The number of carbonyl (C=O) groups excluding carboxylic acids is 1. The van der Waals surface area contributed by atoms with Gasteiger partial charge in [0, 0.05) is 18.2 Å². The maximum Gasteiger partial charge on any atom is 0.265 e. The highest BCUT2D eigenvalue weighted by Crippen LogP contribution is 1.80. The SMILES string of the molecule is C[C@H](CO)NC(=O)Cn1[nH]c(=O)ccc1=O. The minimum atomic E-state index is -0.466. The number of hydrogen-bond donors (Lipinski definition) is 3. The van der Waals surface area contributed by atoms with Gasteiger partial charge in [0.25, 0.3) is 11.1 Å². The van der Waals surface area contributed by atoms with Crippen molar-refractivity contribution in [3.05, 3.63) is 32.8 Å². The van der Waals surface area contributed by atoms with Crippen molar-refractivity contribution in [2.45, 2.75) is 19.5 Å². The molecule has 1 amide bonds. The van der Waals surface area contributed by atoms with Crippen LogP contribution in [0, 0.1) is 0 Å². The van der Waals surface area contributed by atoms with Crippen LogP contribution in [-0.4, -0.2) is 33.4 Å². The Labute approximate surface area is 90.7 Å². The van der Waals surface area contributed by atoms with Gasteiger partial charge < -0.3 is 10.4 Å². The van der Waals surface area contributed by atoms with Crippen molar-refractivity contribution in [1.29, 1.82) is 0 Å². The van der Waals surface area contributed by atoms with Gasteiger partial charge in [-0.25, -0.2) is 4.68 Å². The van der Waals surface area contributed by atoms with Crippen molar-refractivity contribution >= 4 is 5.91 Å². The predicted molar refractivity (Wildman–Crippen MR) is 56.0 cm³/mol. The molecule has 16 heavy (non-hydrogen) atoms. The highest BCUT2D eigenvalue weighted by molar-refractivity contribution is 5.75. The average Bonchev–Trinajstić information content (AvgIpc) is 2.23. The number of aliphatic hydroxyl groups excluding tert-OH is 1. The van der Waals surface area contributed by atoms with Crippen LogP contribution in [0.1, 0.15) is 6.92 Å². The van der Waals surface area contributed by atoms with Gasteiger partial charge in [0.1, 0.15) is 6.54 Å². The molecule has 0 aliphatic rings. The third-order valence-electron chi connectivity index (χ3n) is 1.87. The summed E-state index contributed by atoms with van der Waals surface area (Å²) in [5, 5.41) is 13.4. The van der Waals surface area contributed by atoms with E-state index in [4.69, 9.17) is 5.11 Å². The summed E-state index contributed by atoms with van der Waals surface area (Å²) in [7, 11) is 0. The summed E-state index contributed by atoms with van der Waals surface area (Å²) in [5.41, 5.74) is -0.922. The zero-order valence-electron chi connectivity index (χ0n) is 8.77. The molecule has 0 radical (unpaired) electrons. The maximum absolute atomic E-state index is 11.3. The van der Waals surface area contributed by atoms with Crippen LogP contribution in [0.2, 0.25) is 0 Å². The molecule has 1 aromatic rings. The topological polar surface area (TPSA) is 104 Å². The first kappa shape index (κ1) is 12.2. The Balaban J connectivity index is 2.73. The van der Waals surface area contributed by atoms with E-state index in [1.807, 2.05) is 0 Å². The summed E-state index contributed by atoms with van der Waals surface area (Å²) >= 11 is 0. The number of aliphatic hydroxyl groups is 1. The number of hydrogen-bond acceptors (Lipinski definition) is 4. The second-order valence-electron chi connectivity index (χ2n) is 3.38. The van der Waals surface area contributed by atoms with Gasteiger partial charge in [0.15, 0.2) is 0 Å². The van der Waals surface area contributed by atoms with Gasteiger partial charge in [-0.1, -0.05) is 0 Å². The van der Waals surface area contributed by atoms with E-state index in [0.29, 0.717) is 0 Å². The smallest absolute Gasteiger partial charge is 0.265 e. The molecule has 0 aromatic carbocycles. The van der Waals surface area contributed by atoms with Crippen LogP contribution >= 0.6 is 0 Å². The predicted octanol–water partition coefficient (Wildman–Crippen LogP) is -1.97. The van der Waals surface area contributed by atoms with E-state index in [1.165, 1.54) is 0 Å². The zero-order chi connectivity index (χ0) is 12.1. The molecule has 0 spiro atoms. The lowest BCUT2D eigenvalue weighted by molar-refractivity contribution is -0.122. The molecule has 7 heteroatoms. The van der Waals surface area contributed by atoms with Gasteiger partial charge in [-0.15, -0.1) is 0 Å². The van der Waals surface area contributed by atoms with E-state index in [2.05, 4.69) is 10.4 Å². The molecule has 0 fully saturated rings. The first-order chi connectivity index (χ1) is 7.52. The minimum Gasteiger partial charge on any atom is -0.394 e. The molecule has 0 aliphatic heterocycles. The lowest BCUT2D eigenvalue weighted by Gasteiger charge is -2.11. The van der Waals surface area contributed by atoms with E-state index >= 15 is 0 Å². The monoisotopic (exact) mass is 227 g/mol. The second-order valence-corrected chi connectivity index (χ2v) is 3.38. The first-order valence-corrected chi connectivity index (χ1v) is 4.73. The highest BCUT2D eigenvalue weighted by atomic mass is 16.3. The Morgan fingerprint density at radius 1 is 1.56 bits per heavy atom. The molecule has 7 nitrogen and oxygen atoms in total. The Kier molecular flexibility index (Phi) is 4.01. The number of H-pyrrole nitrogens is 1. The third-order valence-corrected chi connectivity index (χ3v) is 1.87. The fraction of sp³-hybridized carbons (Fsp3) is 0.444. The van der Waals surface area contributed by atoms with Crippen LogP contribution in [0.25, 0.3) is 0 Å². The number of rotatable bonds is 4. The van der Waals surface area contributed by atoms with Crippen LogP contribution in [0.5, 0.6) is 0 Å². The lowest BCUT2D eigenvalue weighted by Crippen LogP contribution is -2.40. The largest absolute Gasteiger partial charge is 0.394 e. The fourth-order valence-electron chi connectivity index (χ4n) is 1.09. The molecule has 1 aromatic heterocycles. The summed E-state index contributed by atoms with van der Waals surface area (Å²) in [4.78, 5) is 33.5. The summed E-state index contributed by atoms with van der Waals surface area (Å²) in [6, 6.07) is 1.79. The van der Waals surface area contributed by atoms with E-state index in [1.54, 1.807) is 6.92 Å². The van der Waals surface area contributed by atoms with Gasteiger partial charge in [-0.2, -0.15) is 0 Å². The molecule has 1 heterocycles. The van der Waals surface area contributed by atoms with Crippen molar-refractivity contribution in [1.82, 2.24) is 15.1 Å². The molecule has 1 rings (SSSR count). The number of carbonyl (C=O) groups is 1. The summed E-state index contributed by atoms with van der Waals surface area (Å²) in [6.07, 6.45) is 0. The van der Waals surface area contributed by atoms with Gasteiger partial charge in [-0.05, 0) is 6.92 Å². The number of nitrogens with one attached hydrogen (secondary N) is 2. The quantitative estimate of drug-likeness (QED) is 0.555. The van der Waals surface area contributed by atoms with Crippen molar-refractivity contribution < 1.29 is 9.90 Å². The van der Waals surface area contributed by atoms with E-state index in [-0.39, 0.29) is 13.2 Å². The van der Waals surface area contributed by atoms with Gasteiger partial charge in [0.05, 0.1) is 6.61 Å². The second kappa shape index (κ2) is 5.26. The fourth-order valence-corrected chi connectivity index (χ4v) is 1.09. The molecule has 0 bridgehead atoms. The van der Waals surface area contributed by atoms with Crippen LogP contribution in [0.15, 0.2) is 21.7 Å². The van der Waals surface area contributed by atoms with Gasteiger partial charge >= 0.3 is 0 Å². The van der Waals surface area contributed by atoms with Crippen molar-refractivity contribution in [3.63, 3.8) is 0 Å². The number of aromatic nitrogens is 2. The molecule has 3 N–H and O–H groups in total. The molecule has 0 saturated heterocycles. The summed E-state index contributed by atoms with van der Waals surface area (Å²) in [5.74, 6) is -0.453. The van der Waals surface area contributed by atoms with Crippen molar-refractivity contribution in [3.8, 4) is 0 Å². The zero-order valence-corrected chi connectivity index (χ0v) is 8.77. The van der Waals surface area contributed by atoms with Crippen LogP contribution in [0.3, 0.4) is 0 Å². The van der Waals surface area contributed by atoms with Gasteiger partial charge in [-0.3, -0.25) is 19.5 Å². The summed E-state index contributed by atoms with van der Waals surface area (Å²) < 4.78 is 0.905. The molecule has 0 aliphatic carbocycles. The number of aromatic amines is 1. The summed E-state index contributed by atoms with van der Waals surface area (Å²) in [6.45, 7) is 1.15. The first-order valence-electron chi connectivity index (χ1n) is 4.73.